The molecule has 0 N–H and O–H groups in total. The topological polar surface area (TPSA) is 24.7 Å². The minimum Gasteiger partial charge on any atom is -0.160 e. The minimum atomic E-state index is 0.183. The Kier molecular flexibility index (Phi) is 2.89. The van der Waals surface area contributed by atoms with Crippen molar-refractivity contribution in [2.45, 2.75) is 47.5 Å². The number of hydrogen-bond acceptors (Lipinski definition) is 2. The van der Waals surface area contributed by atoms with Gasteiger partial charge in [0.15, 0.2) is 0 Å². The van der Waals surface area contributed by atoms with Crippen molar-refractivity contribution in [3.63, 3.8) is 0 Å². The van der Waals surface area contributed by atoms with Gasteiger partial charge in [-0.15, -0.1) is 0 Å². The molecule has 0 aromatic rings. The van der Waals surface area contributed by atoms with Crippen LogP contribution in [0.25, 0.3) is 0 Å². The van der Waals surface area contributed by atoms with Crippen molar-refractivity contribution in [1.82, 2.24) is 0 Å². The Hall–Kier alpha value is -0.660. The lowest BCUT2D eigenvalue weighted by molar-refractivity contribution is 0.584. The predicted molar refractivity (Wildman–Crippen MR) is 58.4 cm³/mol. The Morgan fingerprint density at radius 2 is 1.85 bits per heavy atom. The first-order valence-electron chi connectivity index (χ1n) is 5.02. The fourth-order valence-corrected chi connectivity index (χ4v) is 1.39. The van der Waals surface area contributed by atoms with Crippen molar-refractivity contribution >= 4 is 11.4 Å². The smallest absolute Gasteiger partial charge is 0.0515 e. The SMILES string of the molecule is CC(C)CC1=NN=C(C(C)(C)C)C1. The monoisotopic (exact) mass is 180 g/mol. The second-order valence-corrected chi connectivity index (χ2v) is 5.24. The van der Waals surface area contributed by atoms with Crippen LogP contribution in [0.15, 0.2) is 10.2 Å². The normalized spacial score (nSPS) is 17.7. The van der Waals surface area contributed by atoms with Crippen LogP contribution in [0, 0.1) is 11.3 Å². The van der Waals surface area contributed by atoms with Gasteiger partial charge in [-0.2, -0.15) is 10.2 Å². The molecule has 0 saturated carbocycles. The van der Waals surface area contributed by atoms with Gasteiger partial charge >= 0.3 is 0 Å². The van der Waals surface area contributed by atoms with E-state index in [2.05, 4.69) is 44.8 Å². The largest absolute Gasteiger partial charge is 0.160 e. The number of nitrogens with zero attached hydrogens (tertiary/aromatic N) is 2. The van der Waals surface area contributed by atoms with Gasteiger partial charge in [0.2, 0.25) is 0 Å². The van der Waals surface area contributed by atoms with Gasteiger partial charge in [0.05, 0.1) is 5.71 Å². The van der Waals surface area contributed by atoms with Crippen LogP contribution in [0.5, 0.6) is 0 Å². The van der Waals surface area contributed by atoms with E-state index < -0.39 is 0 Å². The van der Waals surface area contributed by atoms with Gasteiger partial charge in [-0.3, -0.25) is 0 Å². The van der Waals surface area contributed by atoms with Crippen LogP contribution in [0.4, 0.5) is 0 Å². The second-order valence-electron chi connectivity index (χ2n) is 5.24. The second kappa shape index (κ2) is 3.60. The van der Waals surface area contributed by atoms with Crippen LogP contribution in [0.3, 0.4) is 0 Å². The van der Waals surface area contributed by atoms with Crippen molar-refractivity contribution in [3.05, 3.63) is 0 Å². The van der Waals surface area contributed by atoms with E-state index in [0.29, 0.717) is 5.92 Å². The summed E-state index contributed by atoms with van der Waals surface area (Å²) in [6, 6.07) is 0. The van der Waals surface area contributed by atoms with Crippen molar-refractivity contribution in [2.75, 3.05) is 0 Å². The standard InChI is InChI=1S/C11H20N2/c1-8(2)6-9-7-10(13-12-9)11(3,4)5/h8H,6-7H2,1-5H3. The lowest BCUT2D eigenvalue weighted by atomic mass is 9.86. The maximum atomic E-state index is 4.25. The quantitative estimate of drug-likeness (QED) is 0.623. The third-order valence-corrected chi connectivity index (χ3v) is 2.19. The lowest BCUT2D eigenvalue weighted by Crippen LogP contribution is -2.20. The molecular formula is C11H20N2. The fraction of sp³-hybridized carbons (Fsp3) is 0.818. The number of hydrogen-bond donors (Lipinski definition) is 0. The first-order valence-corrected chi connectivity index (χ1v) is 5.02. The zero-order valence-electron chi connectivity index (χ0n) is 9.39. The summed E-state index contributed by atoms with van der Waals surface area (Å²) < 4.78 is 0. The first kappa shape index (κ1) is 10.4. The highest BCUT2D eigenvalue weighted by molar-refractivity contribution is 6.09. The van der Waals surface area contributed by atoms with Gasteiger partial charge in [-0.05, 0) is 12.3 Å². The van der Waals surface area contributed by atoms with Gasteiger partial charge < -0.3 is 0 Å². The van der Waals surface area contributed by atoms with Crippen LogP contribution in [-0.2, 0) is 0 Å². The molecule has 1 heterocycles. The van der Waals surface area contributed by atoms with Crippen molar-refractivity contribution < 1.29 is 0 Å². The average molecular weight is 180 g/mol. The van der Waals surface area contributed by atoms with Gasteiger partial charge in [-0.1, -0.05) is 34.6 Å². The first-order chi connectivity index (χ1) is 5.89. The van der Waals surface area contributed by atoms with E-state index >= 15 is 0 Å². The van der Waals surface area contributed by atoms with E-state index in [1.807, 2.05) is 0 Å². The molecule has 13 heavy (non-hydrogen) atoms. The summed E-state index contributed by atoms with van der Waals surface area (Å²) >= 11 is 0. The summed E-state index contributed by atoms with van der Waals surface area (Å²) in [7, 11) is 0. The highest BCUT2D eigenvalue weighted by Crippen LogP contribution is 2.24. The minimum absolute atomic E-state index is 0.183. The van der Waals surface area contributed by atoms with E-state index in [-0.39, 0.29) is 5.41 Å². The van der Waals surface area contributed by atoms with Gasteiger partial charge in [0.1, 0.15) is 0 Å². The molecular weight excluding hydrogens is 160 g/mol. The van der Waals surface area contributed by atoms with E-state index in [1.54, 1.807) is 0 Å². The molecule has 1 rings (SSSR count). The summed E-state index contributed by atoms with van der Waals surface area (Å²) in [5, 5.41) is 8.47. The molecule has 0 atom stereocenters. The van der Waals surface area contributed by atoms with Gasteiger partial charge in [-0.25, -0.2) is 0 Å². The predicted octanol–water partition coefficient (Wildman–Crippen LogP) is 3.28. The molecule has 0 unspecified atom stereocenters. The molecule has 0 aromatic heterocycles. The van der Waals surface area contributed by atoms with Crippen LogP contribution >= 0.6 is 0 Å². The molecule has 1 aliphatic heterocycles. The molecule has 2 nitrogen and oxygen atoms in total. The highest BCUT2D eigenvalue weighted by atomic mass is 15.2. The van der Waals surface area contributed by atoms with E-state index in [9.17, 15) is 0 Å². The van der Waals surface area contributed by atoms with Crippen LogP contribution in [0.1, 0.15) is 47.5 Å². The van der Waals surface area contributed by atoms with Crippen LogP contribution < -0.4 is 0 Å². The zero-order valence-corrected chi connectivity index (χ0v) is 9.39. The van der Waals surface area contributed by atoms with Gasteiger partial charge in [0.25, 0.3) is 0 Å². The van der Waals surface area contributed by atoms with E-state index in [4.69, 9.17) is 0 Å². The molecule has 0 radical (unpaired) electrons. The Balaban J connectivity index is 2.50. The lowest BCUT2D eigenvalue weighted by Gasteiger charge is -2.17. The summed E-state index contributed by atoms with van der Waals surface area (Å²) in [5.41, 5.74) is 2.66. The molecule has 0 aromatic carbocycles. The molecule has 2 heteroatoms. The highest BCUT2D eigenvalue weighted by Gasteiger charge is 2.24. The summed E-state index contributed by atoms with van der Waals surface area (Å²) in [6.07, 6.45) is 2.07. The maximum Gasteiger partial charge on any atom is 0.0515 e. The third kappa shape index (κ3) is 2.94. The Morgan fingerprint density at radius 1 is 1.23 bits per heavy atom. The van der Waals surface area contributed by atoms with Gasteiger partial charge in [0, 0.05) is 17.5 Å². The average Bonchev–Trinajstić information content (AvgIpc) is 2.32. The molecule has 0 fully saturated rings. The molecule has 0 saturated heterocycles. The van der Waals surface area contributed by atoms with E-state index in [1.165, 1.54) is 11.4 Å². The van der Waals surface area contributed by atoms with Crippen LogP contribution in [-0.4, -0.2) is 11.4 Å². The van der Waals surface area contributed by atoms with Crippen molar-refractivity contribution in [2.24, 2.45) is 21.5 Å². The number of rotatable bonds is 2. The Labute approximate surface area is 81.1 Å². The zero-order chi connectivity index (χ0) is 10.1. The van der Waals surface area contributed by atoms with Crippen molar-refractivity contribution in [3.8, 4) is 0 Å². The molecule has 0 spiro atoms. The third-order valence-electron chi connectivity index (χ3n) is 2.19. The molecule has 0 aliphatic carbocycles. The summed E-state index contributed by atoms with van der Waals surface area (Å²) in [6.45, 7) is 11.0. The van der Waals surface area contributed by atoms with Crippen molar-refractivity contribution in [1.29, 1.82) is 0 Å². The molecule has 1 aliphatic rings. The van der Waals surface area contributed by atoms with E-state index in [0.717, 1.165) is 12.8 Å². The van der Waals surface area contributed by atoms with Crippen LogP contribution in [0.2, 0.25) is 0 Å². The molecule has 74 valence electrons. The maximum absolute atomic E-state index is 4.25. The summed E-state index contributed by atoms with van der Waals surface area (Å²) in [4.78, 5) is 0. The summed E-state index contributed by atoms with van der Waals surface area (Å²) in [5.74, 6) is 0.688. The Morgan fingerprint density at radius 3 is 2.23 bits per heavy atom. The molecule has 0 amide bonds. The Bertz CT molecular complexity index is 241. The molecule has 0 bridgehead atoms. The fourth-order valence-electron chi connectivity index (χ4n) is 1.39.